The maximum atomic E-state index is 12.8. The smallest absolute Gasteiger partial charge is 0.307 e. The van der Waals surface area contributed by atoms with Gasteiger partial charge < -0.3 is 10.4 Å². The summed E-state index contributed by atoms with van der Waals surface area (Å²) in [6.07, 6.45) is 1.66. The predicted octanol–water partition coefficient (Wildman–Crippen LogP) is 5.44. The molecular formula is C19H20Cl2N2O3S. The standard InChI is InChI=1S/C19H20Cl2N2O3S/c1-9-3-4-10(2)16(18(25)26)15(9)17(24)23-19-22-14(8-27-19)12-6-5-11(20)7-13(12)21/h5-10,15-16H,3-4H2,1-2H3,(H,25,26)(H,22,23,24)/t9-,10-,15+,16?/m1/s1. The monoisotopic (exact) mass is 426 g/mol. The number of amides is 1. The zero-order chi connectivity index (χ0) is 19.7. The number of carbonyl (C=O) groups is 2. The van der Waals surface area contributed by atoms with Crippen molar-refractivity contribution in [1.29, 1.82) is 0 Å². The van der Waals surface area contributed by atoms with E-state index in [9.17, 15) is 14.7 Å². The zero-order valence-corrected chi connectivity index (χ0v) is 17.2. The van der Waals surface area contributed by atoms with Crippen LogP contribution in [-0.4, -0.2) is 22.0 Å². The third kappa shape index (κ3) is 4.28. The Kier molecular flexibility index (Phi) is 6.08. The lowest BCUT2D eigenvalue weighted by Crippen LogP contribution is -2.44. The van der Waals surface area contributed by atoms with E-state index < -0.39 is 17.8 Å². The van der Waals surface area contributed by atoms with E-state index in [1.165, 1.54) is 11.3 Å². The summed E-state index contributed by atoms with van der Waals surface area (Å²) in [4.78, 5) is 29.0. The molecule has 1 aliphatic rings. The van der Waals surface area contributed by atoms with Gasteiger partial charge in [0.1, 0.15) is 0 Å². The van der Waals surface area contributed by atoms with Gasteiger partial charge in [0.05, 0.1) is 22.6 Å². The van der Waals surface area contributed by atoms with E-state index in [4.69, 9.17) is 23.2 Å². The highest BCUT2D eigenvalue weighted by molar-refractivity contribution is 7.14. The maximum absolute atomic E-state index is 12.8. The van der Waals surface area contributed by atoms with Gasteiger partial charge in [0.25, 0.3) is 0 Å². The van der Waals surface area contributed by atoms with Crippen LogP contribution in [0.3, 0.4) is 0 Å². The van der Waals surface area contributed by atoms with E-state index in [2.05, 4.69) is 10.3 Å². The number of carboxylic acid groups (broad SMARTS) is 1. The van der Waals surface area contributed by atoms with Gasteiger partial charge in [-0.25, -0.2) is 4.98 Å². The minimum atomic E-state index is -0.915. The first-order valence-electron chi connectivity index (χ1n) is 8.72. The van der Waals surface area contributed by atoms with Crippen molar-refractivity contribution in [1.82, 2.24) is 4.98 Å². The van der Waals surface area contributed by atoms with Crippen LogP contribution in [0.4, 0.5) is 5.13 Å². The normalized spacial score (nSPS) is 25.2. The number of nitrogens with one attached hydrogen (secondary N) is 1. The number of carboxylic acids is 1. The highest BCUT2D eigenvalue weighted by atomic mass is 35.5. The lowest BCUT2D eigenvalue weighted by atomic mass is 9.67. The molecule has 0 aliphatic heterocycles. The van der Waals surface area contributed by atoms with Crippen molar-refractivity contribution in [3.8, 4) is 11.3 Å². The molecule has 27 heavy (non-hydrogen) atoms. The Bertz CT molecular complexity index is 870. The van der Waals surface area contributed by atoms with E-state index in [0.717, 1.165) is 18.4 Å². The van der Waals surface area contributed by atoms with Gasteiger partial charge in [0, 0.05) is 16.0 Å². The number of thiazole rings is 1. The maximum Gasteiger partial charge on any atom is 0.307 e. The van der Waals surface area contributed by atoms with E-state index in [-0.39, 0.29) is 17.7 Å². The molecule has 0 spiro atoms. The van der Waals surface area contributed by atoms with Crippen LogP contribution < -0.4 is 5.32 Å². The fraction of sp³-hybridized carbons (Fsp3) is 0.421. The van der Waals surface area contributed by atoms with Gasteiger partial charge in [-0.05, 0) is 42.9 Å². The zero-order valence-electron chi connectivity index (χ0n) is 14.9. The van der Waals surface area contributed by atoms with E-state index in [1.807, 2.05) is 13.8 Å². The predicted molar refractivity (Wildman–Crippen MR) is 108 cm³/mol. The molecule has 3 rings (SSSR count). The third-order valence-electron chi connectivity index (χ3n) is 5.22. The number of halogens is 2. The van der Waals surface area contributed by atoms with Crippen molar-refractivity contribution in [3.05, 3.63) is 33.6 Å². The number of anilines is 1. The molecule has 0 saturated heterocycles. The second-order valence-electron chi connectivity index (χ2n) is 7.07. The molecule has 0 bridgehead atoms. The summed E-state index contributed by atoms with van der Waals surface area (Å²) in [7, 11) is 0. The molecule has 4 atom stereocenters. The van der Waals surface area contributed by atoms with E-state index in [0.29, 0.717) is 20.9 Å². The topological polar surface area (TPSA) is 79.3 Å². The van der Waals surface area contributed by atoms with Gasteiger partial charge in [0.2, 0.25) is 5.91 Å². The van der Waals surface area contributed by atoms with Crippen molar-refractivity contribution in [2.24, 2.45) is 23.7 Å². The van der Waals surface area contributed by atoms with Crippen LogP contribution in [0.15, 0.2) is 23.6 Å². The van der Waals surface area contributed by atoms with E-state index >= 15 is 0 Å². The lowest BCUT2D eigenvalue weighted by molar-refractivity contribution is -0.152. The first kappa shape index (κ1) is 20.1. The largest absolute Gasteiger partial charge is 0.481 e. The summed E-state index contributed by atoms with van der Waals surface area (Å²) < 4.78 is 0. The average molecular weight is 427 g/mol. The first-order chi connectivity index (χ1) is 12.8. The molecule has 5 nitrogen and oxygen atoms in total. The molecule has 1 unspecified atom stereocenters. The fourth-order valence-corrected chi connectivity index (χ4v) is 4.97. The van der Waals surface area contributed by atoms with Crippen molar-refractivity contribution in [2.45, 2.75) is 26.7 Å². The molecule has 0 radical (unpaired) electrons. The second kappa shape index (κ2) is 8.17. The number of rotatable bonds is 4. The van der Waals surface area contributed by atoms with Gasteiger partial charge in [-0.1, -0.05) is 37.0 Å². The van der Waals surface area contributed by atoms with Crippen LogP contribution in [0.25, 0.3) is 11.3 Å². The van der Waals surface area contributed by atoms with Crippen LogP contribution in [0.2, 0.25) is 10.0 Å². The third-order valence-corrected chi connectivity index (χ3v) is 6.53. The Morgan fingerprint density at radius 3 is 2.48 bits per heavy atom. The summed E-state index contributed by atoms with van der Waals surface area (Å²) in [5.41, 5.74) is 1.36. The Hall–Kier alpha value is -1.63. The van der Waals surface area contributed by atoms with Gasteiger partial charge in [-0.15, -0.1) is 11.3 Å². The van der Waals surface area contributed by atoms with Crippen molar-refractivity contribution in [3.63, 3.8) is 0 Å². The quantitative estimate of drug-likeness (QED) is 0.681. The van der Waals surface area contributed by atoms with Gasteiger partial charge >= 0.3 is 5.97 Å². The molecule has 144 valence electrons. The number of benzene rings is 1. The van der Waals surface area contributed by atoms with Crippen LogP contribution >= 0.6 is 34.5 Å². The Labute approximate surface area is 171 Å². The number of carbonyl (C=O) groups excluding carboxylic acids is 1. The van der Waals surface area contributed by atoms with E-state index in [1.54, 1.807) is 23.6 Å². The molecule has 1 aliphatic carbocycles. The second-order valence-corrected chi connectivity index (χ2v) is 8.77. The Morgan fingerprint density at radius 1 is 1.19 bits per heavy atom. The fourth-order valence-electron chi connectivity index (χ4n) is 3.75. The molecule has 1 amide bonds. The molecule has 2 N–H and O–H groups in total. The highest BCUT2D eigenvalue weighted by Gasteiger charge is 2.44. The summed E-state index contributed by atoms with van der Waals surface area (Å²) >= 11 is 13.4. The van der Waals surface area contributed by atoms with Gasteiger partial charge in [-0.2, -0.15) is 0 Å². The van der Waals surface area contributed by atoms with Crippen LogP contribution in [0.5, 0.6) is 0 Å². The lowest BCUT2D eigenvalue weighted by Gasteiger charge is -2.37. The number of nitrogens with zero attached hydrogens (tertiary/aromatic N) is 1. The summed E-state index contributed by atoms with van der Waals surface area (Å²) in [6, 6.07) is 5.14. The molecule has 1 heterocycles. The minimum absolute atomic E-state index is 0.00689. The SMILES string of the molecule is C[C@@H]1CC[C@@H](C)[C@H](C(=O)Nc2nc(-c3ccc(Cl)cc3Cl)cs2)C1C(=O)O. The Balaban J connectivity index is 1.80. The molecule has 8 heteroatoms. The number of aliphatic carboxylic acids is 1. The van der Waals surface area contributed by atoms with Crippen LogP contribution in [0.1, 0.15) is 26.7 Å². The molecule has 1 aromatic heterocycles. The molecular weight excluding hydrogens is 407 g/mol. The summed E-state index contributed by atoms with van der Waals surface area (Å²) in [6.45, 7) is 3.84. The van der Waals surface area contributed by atoms with Crippen molar-refractivity contribution >= 4 is 51.5 Å². The average Bonchev–Trinajstić information content (AvgIpc) is 3.04. The molecule has 1 saturated carbocycles. The molecule has 2 aromatic rings. The van der Waals surface area contributed by atoms with Gasteiger partial charge in [-0.3, -0.25) is 9.59 Å². The highest BCUT2D eigenvalue weighted by Crippen LogP contribution is 2.40. The summed E-state index contributed by atoms with van der Waals surface area (Å²) in [5.74, 6) is -2.48. The van der Waals surface area contributed by atoms with Gasteiger partial charge in [0.15, 0.2) is 5.13 Å². The number of hydrogen-bond acceptors (Lipinski definition) is 4. The van der Waals surface area contributed by atoms with Crippen LogP contribution in [-0.2, 0) is 9.59 Å². The first-order valence-corrected chi connectivity index (χ1v) is 10.4. The molecule has 1 fully saturated rings. The van der Waals surface area contributed by atoms with Crippen LogP contribution in [0, 0.1) is 23.7 Å². The minimum Gasteiger partial charge on any atom is -0.481 e. The Morgan fingerprint density at radius 2 is 1.85 bits per heavy atom. The number of aromatic nitrogens is 1. The number of hydrogen-bond donors (Lipinski definition) is 2. The van der Waals surface area contributed by atoms with Crippen molar-refractivity contribution < 1.29 is 14.7 Å². The molecule has 1 aromatic carbocycles. The van der Waals surface area contributed by atoms with Crippen molar-refractivity contribution in [2.75, 3.05) is 5.32 Å². The summed E-state index contributed by atoms with van der Waals surface area (Å²) in [5, 5.41) is 15.6.